The van der Waals surface area contributed by atoms with Gasteiger partial charge in [0, 0.05) is 37.3 Å². The molecule has 1 amide bonds. The van der Waals surface area contributed by atoms with E-state index in [1.54, 1.807) is 42.5 Å². The summed E-state index contributed by atoms with van der Waals surface area (Å²) in [6.07, 6.45) is 0.992. The zero-order chi connectivity index (χ0) is 20.1. The van der Waals surface area contributed by atoms with Crippen LogP contribution in [0.2, 0.25) is 10.0 Å². The first-order chi connectivity index (χ1) is 14.0. The number of piperidine rings is 1. The van der Waals surface area contributed by atoms with Gasteiger partial charge in [-0.2, -0.15) is 0 Å². The molecule has 0 aliphatic carbocycles. The van der Waals surface area contributed by atoms with Crippen LogP contribution >= 0.6 is 23.2 Å². The van der Waals surface area contributed by atoms with Gasteiger partial charge in [-0.1, -0.05) is 35.3 Å². The van der Waals surface area contributed by atoms with Gasteiger partial charge in [-0.15, -0.1) is 0 Å². The third kappa shape index (κ3) is 3.18. The van der Waals surface area contributed by atoms with E-state index >= 15 is 0 Å². The van der Waals surface area contributed by atoms with Crippen molar-refractivity contribution >= 4 is 29.1 Å². The number of halogens is 2. The lowest BCUT2D eigenvalue weighted by Gasteiger charge is -2.42. The number of aromatic nitrogens is 1. The van der Waals surface area contributed by atoms with Gasteiger partial charge in [-0.05, 0) is 42.7 Å². The van der Waals surface area contributed by atoms with E-state index in [9.17, 15) is 9.59 Å². The Morgan fingerprint density at radius 2 is 1.72 bits per heavy atom. The molecular weight excluding hydrogens is 411 g/mol. The first kappa shape index (κ1) is 18.5. The second-order valence-electron chi connectivity index (χ2n) is 7.67. The van der Waals surface area contributed by atoms with E-state index < -0.39 is 0 Å². The maximum atomic E-state index is 13.1. The minimum absolute atomic E-state index is 0.0317. The summed E-state index contributed by atoms with van der Waals surface area (Å²) in [5, 5.41) is 0.945. The second kappa shape index (κ2) is 7.08. The van der Waals surface area contributed by atoms with Crippen LogP contribution in [0.4, 0.5) is 0 Å². The predicted octanol–water partition coefficient (Wildman–Crippen LogP) is 4.67. The van der Waals surface area contributed by atoms with Crippen molar-refractivity contribution in [3.8, 4) is 11.3 Å². The van der Waals surface area contributed by atoms with Crippen molar-refractivity contribution in [2.75, 3.05) is 13.1 Å². The van der Waals surface area contributed by atoms with Gasteiger partial charge >= 0.3 is 0 Å². The third-order valence-corrected chi connectivity index (χ3v) is 6.42. The maximum Gasteiger partial charge on any atom is 0.289 e. The van der Waals surface area contributed by atoms with Gasteiger partial charge < -0.3 is 13.9 Å². The van der Waals surface area contributed by atoms with E-state index in [1.807, 2.05) is 15.5 Å². The number of pyridine rings is 1. The highest BCUT2D eigenvalue weighted by Gasteiger charge is 2.37. The van der Waals surface area contributed by atoms with Crippen LogP contribution in [0, 0.1) is 5.92 Å². The Labute approximate surface area is 177 Å². The summed E-state index contributed by atoms with van der Waals surface area (Å²) in [4.78, 5) is 27.1. The van der Waals surface area contributed by atoms with E-state index in [0.717, 1.165) is 12.1 Å². The summed E-state index contributed by atoms with van der Waals surface area (Å²) in [6.45, 7) is 1.83. The van der Waals surface area contributed by atoms with Crippen LogP contribution in [-0.4, -0.2) is 28.5 Å². The minimum atomic E-state index is -0.152. The number of fused-ring (bicyclic) bond motifs is 4. The van der Waals surface area contributed by atoms with Crippen molar-refractivity contribution in [1.82, 2.24) is 9.47 Å². The van der Waals surface area contributed by atoms with Crippen molar-refractivity contribution in [1.29, 1.82) is 0 Å². The summed E-state index contributed by atoms with van der Waals surface area (Å²) < 4.78 is 7.69. The average molecular weight is 429 g/mol. The molecule has 0 spiro atoms. The molecule has 5 rings (SSSR count). The molecule has 2 aliphatic rings. The molecule has 0 unspecified atom stereocenters. The SMILES string of the molecule is O=C(c1ccc(-c2c(Cl)cccc2Cl)o1)N1C[C@H]2C[C@@H](C1)c1cccc(=O)n1C2. The van der Waals surface area contributed by atoms with Crippen molar-refractivity contribution < 1.29 is 9.21 Å². The number of furan rings is 1. The van der Waals surface area contributed by atoms with E-state index in [0.29, 0.717) is 41.0 Å². The molecule has 5 nitrogen and oxygen atoms in total. The summed E-state index contributed by atoms with van der Waals surface area (Å²) >= 11 is 12.5. The topological polar surface area (TPSA) is 55.5 Å². The van der Waals surface area contributed by atoms with Gasteiger partial charge in [0.1, 0.15) is 5.76 Å². The molecule has 0 saturated carbocycles. The highest BCUT2D eigenvalue weighted by molar-refractivity contribution is 6.39. The van der Waals surface area contributed by atoms with Gasteiger partial charge in [-0.3, -0.25) is 9.59 Å². The second-order valence-corrected chi connectivity index (χ2v) is 8.48. The smallest absolute Gasteiger partial charge is 0.289 e. The summed E-state index contributed by atoms with van der Waals surface area (Å²) in [6, 6.07) is 14.0. The van der Waals surface area contributed by atoms with Gasteiger partial charge in [-0.25, -0.2) is 0 Å². The molecule has 29 heavy (non-hydrogen) atoms. The number of benzene rings is 1. The lowest BCUT2D eigenvalue weighted by atomic mass is 9.83. The Balaban J connectivity index is 1.42. The Morgan fingerprint density at radius 1 is 0.966 bits per heavy atom. The quantitative estimate of drug-likeness (QED) is 0.595. The maximum absolute atomic E-state index is 13.1. The standard InChI is InChI=1S/C22H18Cl2N2O3/c23-15-3-1-4-16(24)21(15)18-7-8-19(29-18)22(28)25-10-13-9-14(12-25)17-5-2-6-20(27)26(17)11-13/h1-8,13-14H,9-12H2/t13-,14+/m1/s1. The summed E-state index contributed by atoms with van der Waals surface area (Å²) in [5.74, 6) is 1.01. The van der Waals surface area contributed by atoms with Crippen LogP contribution in [0.3, 0.4) is 0 Å². The number of carbonyl (C=O) groups excluding carboxylic acids is 1. The predicted molar refractivity (Wildman–Crippen MR) is 112 cm³/mol. The highest BCUT2D eigenvalue weighted by atomic mass is 35.5. The Morgan fingerprint density at radius 3 is 2.52 bits per heavy atom. The molecule has 0 N–H and O–H groups in total. The molecule has 4 heterocycles. The molecule has 1 aromatic carbocycles. The number of carbonyl (C=O) groups is 1. The van der Waals surface area contributed by atoms with Crippen molar-refractivity contribution in [3.63, 3.8) is 0 Å². The molecule has 1 fully saturated rings. The first-order valence-electron chi connectivity index (χ1n) is 9.54. The van der Waals surface area contributed by atoms with Crippen LogP contribution in [0.25, 0.3) is 11.3 Å². The fourth-order valence-corrected chi connectivity index (χ4v) is 5.12. The molecule has 0 radical (unpaired) electrons. The highest BCUT2D eigenvalue weighted by Crippen LogP contribution is 2.38. The Kier molecular flexibility index (Phi) is 4.52. The fourth-order valence-electron chi connectivity index (χ4n) is 4.54. The number of amides is 1. The average Bonchev–Trinajstić information content (AvgIpc) is 3.18. The first-order valence-corrected chi connectivity index (χ1v) is 10.3. The van der Waals surface area contributed by atoms with E-state index in [-0.39, 0.29) is 29.1 Å². The lowest BCUT2D eigenvalue weighted by molar-refractivity contribution is 0.0564. The minimum Gasteiger partial charge on any atom is -0.451 e. The number of rotatable bonds is 2. The largest absolute Gasteiger partial charge is 0.451 e. The van der Waals surface area contributed by atoms with Crippen LogP contribution in [-0.2, 0) is 6.54 Å². The number of nitrogens with zero attached hydrogens (tertiary/aromatic N) is 2. The zero-order valence-corrected chi connectivity index (χ0v) is 17.0. The summed E-state index contributed by atoms with van der Waals surface area (Å²) in [5.41, 5.74) is 1.62. The monoisotopic (exact) mass is 428 g/mol. The van der Waals surface area contributed by atoms with Crippen molar-refractivity contribution in [3.05, 3.63) is 80.4 Å². The van der Waals surface area contributed by atoms with E-state index in [4.69, 9.17) is 27.6 Å². The van der Waals surface area contributed by atoms with Crippen molar-refractivity contribution in [2.45, 2.75) is 18.9 Å². The van der Waals surface area contributed by atoms with E-state index in [2.05, 4.69) is 0 Å². The van der Waals surface area contributed by atoms with E-state index in [1.165, 1.54) is 0 Å². The zero-order valence-electron chi connectivity index (χ0n) is 15.5. The molecule has 2 aromatic heterocycles. The number of hydrogen-bond acceptors (Lipinski definition) is 3. The fraction of sp³-hybridized carbons (Fsp3) is 0.273. The van der Waals surface area contributed by atoms with Crippen LogP contribution in [0.1, 0.15) is 28.6 Å². The molecule has 1 saturated heterocycles. The molecule has 7 heteroatoms. The van der Waals surface area contributed by atoms with Gasteiger partial charge in [0.25, 0.3) is 11.5 Å². The van der Waals surface area contributed by atoms with Crippen LogP contribution in [0.15, 0.2) is 57.7 Å². The van der Waals surface area contributed by atoms with Gasteiger partial charge in [0.15, 0.2) is 5.76 Å². The van der Waals surface area contributed by atoms with Gasteiger partial charge in [0.2, 0.25) is 0 Å². The van der Waals surface area contributed by atoms with Crippen LogP contribution < -0.4 is 5.56 Å². The Bertz CT molecular complexity index is 1150. The molecule has 3 aromatic rings. The van der Waals surface area contributed by atoms with Gasteiger partial charge in [0.05, 0.1) is 15.6 Å². The molecule has 2 atom stereocenters. The summed E-state index contributed by atoms with van der Waals surface area (Å²) in [7, 11) is 0. The number of hydrogen-bond donors (Lipinski definition) is 0. The normalized spacial score (nSPS) is 20.4. The number of likely N-dealkylation sites (tertiary alicyclic amines) is 1. The van der Waals surface area contributed by atoms with Crippen molar-refractivity contribution in [2.24, 2.45) is 5.92 Å². The molecule has 148 valence electrons. The Hall–Kier alpha value is -2.50. The molecule has 2 bridgehead atoms. The van der Waals surface area contributed by atoms with Crippen LogP contribution in [0.5, 0.6) is 0 Å². The lowest BCUT2D eigenvalue weighted by Crippen LogP contribution is -2.49. The molecule has 2 aliphatic heterocycles. The molecular formula is C22H18Cl2N2O3. The third-order valence-electron chi connectivity index (χ3n) is 5.79.